The lowest BCUT2D eigenvalue weighted by molar-refractivity contribution is 0.00578. The summed E-state index contributed by atoms with van der Waals surface area (Å²) in [7, 11) is -0.500. The molecule has 0 radical (unpaired) electrons. The Hall–Kier alpha value is -0.0551. The van der Waals surface area contributed by atoms with Gasteiger partial charge in [-0.25, -0.2) is 0 Å². The van der Waals surface area contributed by atoms with Crippen LogP contribution in [0.3, 0.4) is 0 Å². The second-order valence-electron chi connectivity index (χ2n) is 5.36. The van der Waals surface area contributed by atoms with Gasteiger partial charge in [-0.2, -0.15) is 0 Å². The summed E-state index contributed by atoms with van der Waals surface area (Å²) in [6.07, 6.45) is 0. The standard InChI is InChI=1S/C10H21BO3/c1-7(2)8(12)11-13-9(3,4)10(5,6)14-11/h7-8,12H,1-6H3/t8-/m1/s1. The Morgan fingerprint density at radius 1 is 1.00 bits per heavy atom. The van der Waals surface area contributed by atoms with Crippen molar-refractivity contribution in [2.45, 2.75) is 58.7 Å². The van der Waals surface area contributed by atoms with Crippen LogP contribution in [-0.2, 0) is 9.31 Å². The van der Waals surface area contributed by atoms with Crippen molar-refractivity contribution in [3.05, 3.63) is 0 Å². The van der Waals surface area contributed by atoms with E-state index in [0.717, 1.165) is 0 Å². The molecule has 0 aliphatic carbocycles. The Bertz CT molecular complexity index is 197. The molecule has 0 spiro atoms. The van der Waals surface area contributed by atoms with Crippen LogP contribution >= 0.6 is 0 Å². The van der Waals surface area contributed by atoms with Crippen LogP contribution in [0, 0.1) is 5.92 Å². The fraction of sp³-hybridized carbons (Fsp3) is 1.00. The first-order valence-corrected chi connectivity index (χ1v) is 5.21. The Balaban J connectivity index is 2.73. The van der Waals surface area contributed by atoms with Crippen molar-refractivity contribution in [2.24, 2.45) is 5.92 Å². The molecule has 1 rings (SSSR count). The lowest BCUT2D eigenvalue weighted by atomic mass is 9.75. The molecule has 0 bridgehead atoms. The van der Waals surface area contributed by atoms with Crippen molar-refractivity contribution in [1.82, 2.24) is 0 Å². The summed E-state index contributed by atoms with van der Waals surface area (Å²) in [5, 5.41) is 9.84. The number of hydrogen-bond donors (Lipinski definition) is 1. The van der Waals surface area contributed by atoms with Gasteiger partial charge in [0.05, 0.1) is 17.2 Å². The second-order valence-corrected chi connectivity index (χ2v) is 5.36. The molecule has 3 nitrogen and oxygen atoms in total. The lowest BCUT2D eigenvalue weighted by Gasteiger charge is -2.32. The summed E-state index contributed by atoms with van der Waals surface area (Å²) in [4.78, 5) is 0. The molecule has 14 heavy (non-hydrogen) atoms. The first kappa shape index (κ1) is 12.0. The van der Waals surface area contributed by atoms with Crippen LogP contribution in [0.5, 0.6) is 0 Å². The molecule has 1 fully saturated rings. The van der Waals surface area contributed by atoms with Crippen molar-refractivity contribution in [1.29, 1.82) is 0 Å². The van der Waals surface area contributed by atoms with Gasteiger partial charge < -0.3 is 14.4 Å². The van der Waals surface area contributed by atoms with E-state index in [-0.39, 0.29) is 17.1 Å². The van der Waals surface area contributed by atoms with E-state index in [0.29, 0.717) is 0 Å². The molecular formula is C10H21BO3. The van der Waals surface area contributed by atoms with Crippen molar-refractivity contribution < 1.29 is 14.4 Å². The van der Waals surface area contributed by atoms with E-state index in [1.807, 2.05) is 41.5 Å². The van der Waals surface area contributed by atoms with E-state index in [4.69, 9.17) is 9.31 Å². The van der Waals surface area contributed by atoms with Gasteiger partial charge in [-0.3, -0.25) is 0 Å². The van der Waals surface area contributed by atoms with Crippen molar-refractivity contribution >= 4 is 7.12 Å². The Kier molecular flexibility index (Phi) is 3.01. The predicted molar refractivity (Wildman–Crippen MR) is 56.9 cm³/mol. The third-order valence-corrected chi connectivity index (χ3v) is 3.23. The van der Waals surface area contributed by atoms with E-state index >= 15 is 0 Å². The van der Waals surface area contributed by atoms with Gasteiger partial charge in [0.1, 0.15) is 0 Å². The van der Waals surface area contributed by atoms with E-state index in [2.05, 4.69) is 0 Å². The Morgan fingerprint density at radius 3 is 1.64 bits per heavy atom. The molecule has 0 aromatic carbocycles. The lowest BCUT2D eigenvalue weighted by Crippen LogP contribution is -2.41. The van der Waals surface area contributed by atoms with Gasteiger partial charge in [0.15, 0.2) is 0 Å². The minimum atomic E-state index is -0.559. The quantitative estimate of drug-likeness (QED) is 0.688. The van der Waals surface area contributed by atoms with Crippen LogP contribution in [0.2, 0.25) is 0 Å². The predicted octanol–water partition coefficient (Wildman–Crippen LogP) is 1.63. The minimum Gasteiger partial charge on any atom is -0.402 e. The first-order chi connectivity index (χ1) is 6.17. The minimum absolute atomic E-state index is 0.143. The zero-order chi connectivity index (χ0) is 11.1. The summed E-state index contributed by atoms with van der Waals surface area (Å²) >= 11 is 0. The maximum Gasteiger partial charge on any atom is 0.488 e. The molecule has 1 saturated heterocycles. The maximum absolute atomic E-state index is 9.84. The number of aliphatic hydroxyl groups excluding tert-OH is 1. The second kappa shape index (κ2) is 3.51. The zero-order valence-electron chi connectivity index (χ0n) is 10.00. The summed E-state index contributed by atoms with van der Waals surface area (Å²) in [6.45, 7) is 11.9. The molecule has 1 aliphatic rings. The van der Waals surface area contributed by atoms with Crippen LogP contribution in [0.25, 0.3) is 0 Å². The highest BCUT2D eigenvalue weighted by Gasteiger charge is 2.54. The van der Waals surface area contributed by atoms with Gasteiger partial charge in [-0.15, -0.1) is 0 Å². The Morgan fingerprint density at radius 2 is 1.36 bits per heavy atom. The summed E-state index contributed by atoms with van der Waals surface area (Å²) in [5.41, 5.74) is -0.707. The molecule has 0 aromatic heterocycles. The van der Waals surface area contributed by atoms with Crippen LogP contribution in [0.1, 0.15) is 41.5 Å². The van der Waals surface area contributed by atoms with Crippen LogP contribution in [0.4, 0.5) is 0 Å². The van der Waals surface area contributed by atoms with Gasteiger partial charge in [0.25, 0.3) is 0 Å². The largest absolute Gasteiger partial charge is 0.488 e. The van der Waals surface area contributed by atoms with E-state index in [1.54, 1.807) is 0 Å². The molecule has 0 saturated carbocycles. The average Bonchev–Trinajstić information content (AvgIpc) is 2.20. The molecule has 1 heterocycles. The van der Waals surface area contributed by atoms with Gasteiger partial charge in [0.2, 0.25) is 0 Å². The zero-order valence-corrected chi connectivity index (χ0v) is 10.00. The average molecular weight is 200 g/mol. The van der Waals surface area contributed by atoms with Gasteiger partial charge >= 0.3 is 7.12 Å². The highest BCUT2D eigenvalue weighted by atomic mass is 16.7. The third-order valence-electron chi connectivity index (χ3n) is 3.23. The molecule has 0 amide bonds. The molecule has 82 valence electrons. The van der Waals surface area contributed by atoms with Crippen molar-refractivity contribution in [3.8, 4) is 0 Å². The number of rotatable bonds is 2. The summed E-state index contributed by atoms with van der Waals surface area (Å²) in [6, 6.07) is -0.559. The van der Waals surface area contributed by atoms with Gasteiger partial charge in [-0.1, -0.05) is 13.8 Å². The molecule has 0 aromatic rings. The third kappa shape index (κ3) is 1.97. The topological polar surface area (TPSA) is 38.7 Å². The fourth-order valence-electron chi connectivity index (χ4n) is 1.34. The van der Waals surface area contributed by atoms with E-state index in [9.17, 15) is 5.11 Å². The normalized spacial score (nSPS) is 27.0. The highest BCUT2D eigenvalue weighted by molar-refractivity contribution is 6.47. The monoisotopic (exact) mass is 200 g/mol. The number of aliphatic hydroxyl groups is 1. The molecule has 4 heteroatoms. The molecule has 1 atom stereocenters. The van der Waals surface area contributed by atoms with Crippen molar-refractivity contribution in [2.75, 3.05) is 0 Å². The molecule has 0 unspecified atom stereocenters. The SMILES string of the molecule is CC(C)[C@@H](O)B1OC(C)(C)C(C)(C)O1. The van der Waals surface area contributed by atoms with Crippen LogP contribution in [0.15, 0.2) is 0 Å². The first-order valence-electron chi connectivity index (χ1n) is 5.21. The Labute approximate surface area is 86.9 Å². The molecular weight excluding hydrogens is 179 g/mol. The van der Waals surface area contributed by atoms with Gasteiger partial charge in [-0.05, 0) is 33.6 Å². The number of hydrogen-bond acceptors (Lipinski definition) is 3. The van der Waals surface area contributed by atoms with Gasteiger partial charge in [0, 0.05) is 0 Å². The maximum atomic E-state index is 9.84. The van der Waals surface area contributed by atoms with E-state index < -0.39 is 13.1 Å². The molecule has 1 N–H and O–H groups in total. The summed E-state index contributed by atoms with van der Waals surface area (Å²) in [5.74, 6) is 0.143. The molecule has 1 aliphatic heterocycles. The van der Waals surface area contributed by atoms with Crippen LogP contribution in [-0.4, -0.2) is 29.4 Å². The highest BCUT2D eigenvalue weighted by Crippen LogP contribution is 2.38. The van der Waals surface area contributed by atoms with Crippen molar-refractivity contribution in [3.63, 3.8) is 0 Å². The summed E-state index contributed by atoms with van der Waals surface area (Å²) < 4.78 is 11.4. The fourth-order valence-corrected chi connectivity index (χ4v) is 1.34. The van der Waals surface area contributed by atoms with E-state index in [1.165, 1.54) is 0 Å². The van der Waals surface area contributed by atoms with Crippen LogP contribution < -0.4 is 0 Å². The smallest absolute Gasteiger partial charge is 0.402 e.